The number of esters is 1. The summed E-state index contributed by atoms with van der Waals surface area (Å²) in [5, 5.41) is 0. The second kappa shape index (κ2) is 4.77. The van der Waals surface area contributed by atoms with Gasteiger partial charge >= 0.3 is 5.97 Å². The van der Waals surface area contributed by atoms with Crippen LogP contribution in [0.4, 0.5) is 0 Å². The molecule has 0 saturated heterocycles. The molecular weight excluding hydrogens is 240 g/mol. The lowest BCUT2D eigenvalue weighted by Crippen LogP contribution is -2.39. The molecular formula is C16H24O3. The Morgan fingerprint density at radius 1 is 1.42 bits per heavy atom. The van der Waals surface area contributed by atoms with Crippen LogP contribution in [0, 0.1) is 11.3 Å². The van der Waals surface area contributed by atoms with E-state index in [1.54, 1.807) is 0 Å². The molecule has 3 heteroatoms. The van der Waals surface area contributed by atoms with E-state index < -0.39 is 5.60 Å². The molecule has 0 aromatic carbocycles. The Balaban J connectivity index is 2.09. The van der Waals surface area contributed by atoms with Crippen molar-refractivity contribution < 1.29 is 14.3 Å². The maximum absolute atomic E-state index is 12.3. The molecule has 106 valence electrons. The number of carbonyl (C=O) groups excluding carboxylic acids is 2. The molecule has 0 aromatic heterocycles. The van der Waals surface area contributed by atoms with Crippen molar-refractivity contribution in [2.24, 2.45) is 11.3 Å². The summed E-state index contributed by atoms with van der Waals surface area (Å²) < 4.78 is 5.41. The Morgan fingerprint density at radius 3 is 2.68 bits per heavy atom. The van der Waals surface area contributed by atoms with E-state index in [-0.39, 0.29) is 11.4 Å². The first-order valence-electron chi connectivity index (χ1n) is 7.20. The molecule has 3 nitrogen and oxygen atoms in total. The number of ketones is 1. The van der Waals surface area contributed by atoms with Crippen LogP contribution in [0.3, 0.4) is 0 Å². The van der Waals surface area contributed by atoms with Gasteiger partial charge in [-0.25, -0.2) is 4.79 Å². The molecule has 2 aliphatic rings. The van der Waals surface area contributed by atoms with Crippen molar-refractivity contribution >= 4 is 11.8 Å². The fourth-order valence-electron chi connectivity index (χ4n) is 3.25. The van der Waals surface area contributed by atoms with Crippen molar-refractivity contribution in [1.82, 2.24) is 0 Å². The Labute approximate surface area is 115 Å². The smallest absolute Gasteiger partial charge is 0.334 e. The average molecular weight is 264 g/mol. The first-order chi connectivity index (χ1) is 8.74. The van der Waals surface area contributed by atoms with Crippen LogP contribution < -0.4 is 0 Å². The molecule has 1 spiro atoms. The largest absolute Gasteiger partial charge is 0.457 e. The fraction of sp³-hybridized carbons (Fsp3) is 0.750. The first kappa shape index (κ1) is 14.3. The van der Waals surface area contributed by atoms with Gasteiger partial charge in [0.2, 0.25) is 0 Å². The number of carbonyl (C=O) groups is 2. The van der Waals surface area contributed by atoms with Crippen LogP contribution in [0.1, 0.15) is 59.8 Å². The molecule has 0 unspecified atom stereocenters. The van der Waals surface area contributed by atoms with Gasteiger partial charge in [-0.3, -0.25) is 4.79 Å². The average Bonchev–Trinajstić information content (AvgIpc) is 2.70. The lowest BCUT2D eigenvalue weighted by atomic mass is 9.64. The lowest BCUT2D eigenvalue weighted by Gasteiger charge is -2.38. The topological polar surface area (TPSA) is 43.4 Å². The highest BCUT2D eigenvalue weighted by atomic mass is 16.6. The van der Waals surface area contributed by atoms with E-state index in [0.717, 1.165) is 12.8 Å². The van der Waals surface area contributed by atoms with Crippen molar-refractivity contribution in [1.29, 1.82) is 0 Å². The molecule has 1 fully saturated rings. The highest BCUT2D eigenvalue weighted by Crippen LogP contribution is 2.50. The SMILES string of the molecule is C[C@H]1CCCC(=O)[C@]12CC=C(C(=O)OC(C)(C)C)C2. The molecule has 19 heavy (non-hydrogen) atoms. The predicted molar refractivity (Wildman–Crippen MR) is 73.6 cm³/mol. The molecule has 2 rings (SSSR count). The van der Waals surface area contributed by atoms with E-state index >= 15 is 0 Å². The van der Waals surface area contributed by atoms with Gasteiger partial charge < -0.3 is 4.74 Å². The van der Waals surface area contributed by atoms with Crippen LogP contribution in [0.2, 0.25) is 0 Å². The van der Waals surface area contributed by atoms with Gasteiger partial charge in [0.1, 0.15) is 11.4 Å². The quantitative estimate of drug-likeness (QED) is 0.681. The van der Waals surface area contributed by atoms with Crippen LogP contribution in [0.15, 0.2) is 11.6 Å². The lowest BCUT2D eigenvalue weighted by molar-refractivity contribution is -0.150. The second-order valence-corrected chi connectivity index (χ2v) is 6.98. The van der Waals surface area contributed by atoms with E-state index in [0.29, 0.717) is 36.5 Å². The van der Waals surface area contributed by atoms with Gasteiger partial charge in [0.05, 0.1) is 0 Å². The van der Waals surface area contributed by atoms with Gasteiger partial charge in [-0.05, 0) is 52.4 Å². The van der Waals surface area contributed by atoms with Gasteiger partial charge in [0.15, 0.2) is 0 Å². The van der Waals surface area contributed by atoms with Gasteiger partial charge in [-0.2, -0.15) is 0 Å². The first-order valence-corrected chi connectivity index (χ1v) is 7.20. The zero-order valence-corrected chi connectivity index (χ0v) is 12.4. The minimum Gasteiger partial charge on any atom is -0.457 e. The van der Waals surface area contributed by atoms with Crippen LogP contribution in [-0.2, 0) is 14.3 Å². The van der Waals surface area contributed by atoms with E-state index in [4.69, 9.17) is 4.74 Å². The summed E-state index contributed by atoms with van der Waals surface area (Å²) in [4.78, 5) is 24.4. The third kappa shape index (κ3) is 2.75. The fourth-order valence-corrected chi connectivity index (χ4v) is 3.25. The predicted octanol–water partition coefficient (Wildman–Crippen LogP) is 3.42. The maximum Gasteiger partial charge on any atom is 0.334 e. The summed E-state index contributed by atoms with van der Waals surface area (Å²) >= 11 is 0. The normalized spacial score (nSPS) is 31.5. The summed E-state index contributed by atoms with van der Waals surface area (Å²) in [6, 6.07) is 0. The van der Waals surface area contributed by atoms with Crippen LogP contribution in [-0.4, -0.2) is 17.4 Å². The van der Waals surface area contributed by atoms with Crippen LogP contribution in [0.5, 0.6) is 0 Å². The third-order valence-corrected chi connectivity index (χ3v) is 4.42. The zero-order valence-electron chi connectivity index (χ0n) is 12.4. The van der Waals surface area contributed by atoms with Gasteiger partial charge in [0.25, 0.3) is 0 Å². The van der Waals surface area contributed by atoms with Crippen molar-refractivity contribution in [3.05, 3.63) is 11.6 Å². The molecule has 0 aromatic rings. The van der Waals surface area contributed by atoms with E-state index in [1.165, 1.54) is 0 Å². The third-order valence-electron chi connectivity index (χ3n) is 4.42. The van der Waals surface area contributed by atoms with Gasteiger partial charge in [0, 0.05) is 17.4 Å². The monoisotopic (exact) mass is 264 g/mol. The van der Waals surface area contributed by atoms with E-state index in [9.17, 15) is 9.59 Å². The standard InChI is InChI=1S/C16H24O3/c1-11-6-5-7-13(17)16(11)9-8-12(10-16)14(18)19-15(2,3)4/h8,11H,5-7,9-10H2,1-4H3/t11-,16-/m0/s1. The Morgan fingerprint density at radius 2 is 2.11 bits per heavy atom. The Kier molecular flexibility index (Phi) is 3.59. The highest BCUT2D eigenvalue weighted by Gasteiger charge is 2.48. The number of rotatable bonds is 1. The van der Waals surface area contributed by atoms with Crippen molar-refractivity contribution in [2.75, 3.05) is 0 Å². The molecule has 0 heterocycles. The molecule has 2 atom stereocenters. The molecule has 1 saturated carbocycles. The summed E-state index contributed by atoms with van der Waals surface area (Å²) in [7, 11) is 0. The summed E-state index contributed by atoms with van der Waals surface area (Å²) in [5.41, 5.74) is -0.0996. The summed E-state index contributed by atoms with van der Waals surface area (Å²) in [6.45, 7) is 7.74. The molecule has 0 amide bonds. The summed E-state index contributed by atoms with van der Waals surface area (Å²) in [6.07, 6.45) is 5.95. The molecule has 0 aliphatic heterocycles. The van der Waals surface area contributed by atoms with Crippen molar-refractivity contribution in [3.63, 3.8) is 0 Å². The highest BCUT2D eigenvalue weighted by molar-refractivity contribution is 5.94. The number of Topliss-reactive ketones (excluding diaryl/α,β-unsaturated/α-hetero) is 1. The molecule has 0 radical (unpaired) electrons. The Hall–Kier alpha value is -1.12. The second-order valence-electron chi connectivity index (χ2n) is 6.98. The molecule has 0 N–H and O–H groups in total. The van der Waals surface area contributed by atoms with Gasteiger partial charge in [-0.1, -0.05) is 13.0 Å². The van der Waals surface area contributed by atoms with Crippen molar-refractivity contribution in [3.8, 4) is 0 Å². The van der Waals surface area contributed by atoms with Gasteiger partial charge in [-0.15, -0.1) is 0 Å². The van der Waals surface area contributed by atoms with Crippen LogP contribution in [0.25, 0.3) is 0 Å². The minimum absolute atomic E-state index is 0.255. The van der Waals surface area contributed by atoms with Crippen molar-refractivity contribution in [2.45, 2.75) is 65.4 Å². The number of hydrogen-bond donors (Lipinski definition) is 0. The zero-order chi connectivity index (χ0) is 14.3. The Bertz CT molecular complexity index is 428. The number of allylic oxidation sites excluding steroid dienone is 1. The minimum atomic E-state index is -0.476. The number of ether oxygens (including phenoxy) is 1. The maximum atomic E-state index is 12.3. The van der Waals surface area contributed by atoms with E-state index in [1.807, 2.05) is 26.8 Å². The molecule has 0 bridgehead atoms. The van der Waals surface area contributed by atoms with Crippen LogP contribution >= 0.6 is 0 Å². The van der Waals surface area contributed by atoms with E-state index in [2.05, 4.69) is 6.92 Å². The number of hydrogen-bond acceptors (Lipinski definition) is 3. The molecule has 2 aliphatic carbocycles. The summed E-state index contributed by atoms with van der Waals surface area (Å²) in [5.74, 6) is 0.445.